The molecule has 0 radical (unpaired) electrons. The van der Waals surface area contributed by atoms with Crippen LogP contribution in [0.4, 0.5) is 5.69 Å². The number of nitrogens with one attached hydrogen (secondary N) is 2. The van der Waals surface area contributed by atoms with Crippen molar-refractivity contribution in [3.8, 4) is 11.8 Å². The Hall–Kier alpha value is -4.16. The number of ether oxygens (including phenoxy) is 1. The number of para-hydroxylation sites is 2. The topological polar surface area (TPSA) is 117 Å². The molecule has 0 saturated carbocycles. The lowest BCUT2D eigenvalue weighted by atomic mass is 10.1. The third-order valence-corrected chi connectivity index (χ3v) is 6.24. The van der Waals surface area contributed by atoms with Crippen LogP contribution in [0.2, 0.25) is 0 Å². The molecule has 0 unspecified atom stereocenters. The van der Waals surface area contributed by atoms with Crippen molar-refractivity contribution in [2.75, 3.05) is 12.4 Å². The molecule has 2 aromatic heterocycles. The Balaban J connectivity index is 1.75. The number of hydrogen-bond acceptors (Lipinski definition) is 6. The lowest BCUT2D eigenvalue weighted by Crippen LogP contribution is -2.35. The van der Waals surface area contributed by atoms with Crippen molar-refractivity contribution in [2.45, 2.75) is 13.5 Å². The van der Waals surface area contributed by atoms with E-state index in [0.717, 1.165) is 15.9 Å². The number of anilines is 1. The highest BCUT2D eigenvalue weighted by Crippen LogP contribution is 2.29. The molecule has 0 atom stereocenters. The smallest absolute Gasteiger partial charge is 0.329 e. The number of rotatable bonds is 5. The lowest BCUT2D eigenvalue weighted by Gasteiger charge is -2.09. The van der Waals surface area contributed by atoms with Crippen LogP contribution in [0.3, 0.4) is 0 Å². The summed E-state index contributed by atoms with van der Waals surface area (Å²) in [5, 5.41) is 12.2. The molecule has 32 heavy (non-hydrogen) atoms. The van der Waals surface area contributed by atoms with Crippen LogP contribution in [0, 0.1) is 18.3 Å². The Kier molecular flexibility index (Phi) is 5.62. The second-order valence-electron chi connectivity index (χ2n) is 7.05. The van der Waals surface area contributed by atoms with Crippen molar-refractivity contribution in [1.82, 2.24) is 9.55 Å². The van der Waals surface area contributed by atoms with Gasteiger partial charge in [0, 0.05) is 0 Å². The van der Waals surface area contributed by atoms with Gasteiger partial charge in [-0.1, -0.05) is 24.3 Å². The summed E-state index contributed by atoms with van der Waals surface area (Å²) < 4.78 is 6.33. The van der Waals surface area contributed by atoms with Crippen molar-refractivity contribution < 1.29 is 9.53 Å². The summed E-state index contributed by atoms with van der Waals surface area (Å²) in [5.74, 6) is 0.108. The number of carbonyl (C=O) groups is 1. The number of aromatic nitrogens is 2. The van der Waals surface area contributed by atoms with Crippen molar-refractivity contribution in [2.24, 2.45) is 0 Å². The van der Waals surface area contributed by atoms with Gasteiger partial charge >= 0.3 is 5.69 Å². The highest BCUT2D eigenvalue weighted by molar-refractivity contribution is 7.20. The van der Waals surface area contributed by atoms with E-state index in [1.54, 1.807) is 55.5 Å². The SMILES string of the molecule is COc1ccccc1NC(=O)c1sc2[nH]c(=O)n(Cc3cccc(C#N)c3)c(=O)c2c1C. The summed E-state index contributed by atoms with van der Waals surface area (Å²) in [6, 6.07) is 15.8. The molecule has 1 amide bonds. The third kappa shape index (κ3) is 3.79. The van der Waals surface area contributed by atoms with Crippen LogP contribution in [0.25, 0.3) is 10.2 Å². The van der Waals surface area contributed by atoms with Crippen LogP contribution in [0.5, 0.6) is 5.75 Å². The number of thiophene rings is 1. The first kappa shape index (κ1) is 21.1. The highest BCUT2D eigenvalue weighted by atomic mass is 32.1. The Labute approximate surface area is 186 Å². The van der Waals surface area contributed by atoms with Gasteiger partial charge in [-0.15, -0.1) is 11.3 Å². The molecule has 0 bridgehead atoms. The summed E-state index contributed by atoms with van der Waals surface area (Å²) >= 11 is 1.05. The zero-order chi connectivity index (χ0) is 22.8. The van der Waals surface area contributed by atoms with Gasteiger partial charge in [-0.25, -0.2) is 4.79 Å². The van der Waals surface area contributed by atoms with E-state index < -0.39 is 17.2 Å². The standard InChI is InChI=1S/C23H18N4O4S/c1-13-18-21(32-19(13)20(28)25-16-8-3-4-9-17(16)31-2)26-23(30)27(22(18)29)12-15-7-5-6-14(10-15)11-24/h3-10H,12H2,1-2H3,(H,25,28)(H,26,30). The molecule has 0 fully saturated rings. The molecule has 0 aliphatic heterocycles. The molecule has 160 valence electrons. The first-order valence-electron chi connectivity index (χ1n) is 9.62. The van der Waals surface area contributed by atoms with Crippen LogP contribution in [0.15, 0.2) is 58.1 Å². The molecule has 4 aromatic rings. The minimum absolute atomic E-state index is 0.0116. The monoisotopic (exact) mass is 446 g/mol. The van der Waals surface area contributed by atoms with Crippen molar-refractivity contribution in [1.29, 1.82) is 5.26 Å². The fraction of sp³-hybridized carbons (Fsp3) is 0.130. The number of nitrogens with zero attached hydrogens (tertiary/aromatic N) is 2. The molecule has 0 aliphatic carbocycles. The maximum Gasteiger partial charge on any atom is 0.329 e. The molecular weight excluding hydrogens is 428 g/mol. The van der Waals surface area contributed by atoms with Crippen LogP contribution < -0.4 is 21.3 Å². The molecule has 2 heterocycles. The lowest BCUT2D eigenvalue weighted by molar-refractivity contribution is 0.102. The molecule has 2 aromatic carbocycles. The zero-order valence-corrected chi connectivity index (χ0v) is 18.1. The number of aromatic amines is 1. The van der Waals surface area contributed by atoms with Crippen molar-refractivity contribution >= 4 is 33.1 Å². The van der Waals surface area contributed by atoms with Gasteiger partial charge in [-0.2, -0.15) is 5.26 Å². The predicted molar refractivity (Wildman–Crippen MR) is 123 cm³/mol. The summed E-state index contributed by atoms with van der Waals surface area (Å²) in [6.45, 7) is 1.69. The first-order valence-corrected chi connectivity index (χ1v) is 10.4. The average Bonchev–Trinajstić information content (AvgIpc) is 3.13. The minimum Gasteiger partial charge on any atom is -0.495 e. The largest absolute Gasteiger partial charge is 0.495 e. The first-order chi connectivity index (χ1) is 15.4. The number of methoxy groups -OCH3 is 1. The number of aryl methyl sites for hydroxylation is 1. The predicted octanol–water partition coefficient (Wildman–Crippen LogP) is 3.24. The van der Waals surface area contributed by atoms with Gasteiger partial charge in [-0.3, -0.25) is 19.1 Å². The van der Waals surface area contributed by atoms with E-state index in [-0.39, 0.29) is 11.9 Å². The second kappa shape index (κ2) is 8.53. The van der Waals surface area contributed by atoms with Gasteiger partial charge < -0.3 is 10.1 Å². The van der Waals surface area contributed by atoms with Gasteiger partial charge in [0.15, 0.2) is 0 Å². The molecule has 0 spiro atoms. The van der Waals surface area contributed by atoms with E-state index in [9.17, 15) is 14.4 Å². The van der Waals surface area contributed by atoms with Crippen LogP contribution in [-0.4, -0.2) is 22.6 Å². The fourth-order valence-electron chi connectivity index (χ4n) is 3.46. The molecule has 4 rings (SSSR count). The molecule has 0 saturated heterocycles. The van der Waals surface area contributed by atoms with E-state index in [1.165, 1.54) is 7.11 Å². The number of amides is 1. The molecule has 9 heteroatoms. The van der Waals surface area contributed by atoms with E-state index in [2.05, 4.69) is 10.3 Å². The average molecular weight is 446 g/mol. The zero-order valence-electron chi connectivity index (χ0n) is 17.3. The summed E-state index contributed by atoms with van der Waals surface area (Å²) in [7, 11) is 1.51. The number of hydrogen-bond donors (Lipinski definition) is 2. The Morgan fingerprint density at radius 2 is 2.00 bits per heavy atom. The molecular formula is C23H18N4O4S. The summed E-state index contributed by atoms with van der Waals surface area (Å²) in [4.78, 5) is 42.1. The fourth-order valence-corrected chi connectivity index (χ4v) is 4.54. The van der Waals surface area contributed by atoms with Crippen molar-refractivity contribution in [3.05, 3.63) is 90.9 Å². The van der Waals surface area contributed by atoms with Gasteiger partial charge in [-0.05, 0) is 42.3 Å². The summed E-state index contributed by atoms with van der Waals surface area (Å²) in [6.07, 6.45) is 0. The highest BCUT2D eigenvalue weighted by Gasteiger charge is 2.21. The van der Waals surface area contributed by atoms with E-state index in [4.69, 9.17) is 10.00 Å². The number of nitriles is 1. The number of fused-ring (bicyclic) bond motifs is 1. The van der Waals surface area contributed by atoms with Gasteiger partial charge in [0.05, 0.1) is 41.2 Å². The molecule has 8 nitrogen and oxygen atoms in total. The van der Waals surface area contributed by atoms with Gasteiger partial charge in [0.25, 0.3) is 11.5 Å². The van der Waals surface area contributed by atoms with E-state index in [1.807, 2.05) is 6.07 Å². The van der Waals surface area contributed by atoms with Gasteiger partial charge in [0.1, 0.15) is 10.6 Å². The maximum absolute atomic E-state index is 13.2. The van der Waals surface area contributed by atoms with E-state index >= 15 is 0 Å². The quantitative estimate of drug-likeness (QED) is 0.488. The Morgan fingerprint density at radius 3 is 2.75 bits per heavy atom. The Morgan fingerprint density at radius 1 is 1.22 bits per heavy atom. The molecule has 2 N–H and O–H groups in total. The van der Waals surface area contributed by atoms with Crippen LogP contribution >= 0.6 is 11.3 Å². The third-order valence-electron chi connectivity index (χ3n) is 5.03. The normalized spacial score (nSPS) is 10.7. The maximum atomic E-state index is 13.2. The minimum atomic E-state index is -0.581. The van der Waals surface area contributed by atoms with Crippen molar-refractivity contribution in [3.63, 3.8) is 0 Å². The van der Waals surface area contributed by atoms with Crippen LogP contribution in [-0.2, 0) is 6.54 Å². The van der Waals surface area contributed by atoms with Crippen LogP contribution in [0.1, 0.15) is 26.4 Å². The second-order valence-corrected chi connectivity index (χ2v) is 8.07. The molecule has 0 aliphatic rings. The van der Waals surface area contributed by atoms with Gasteiger partial charge in [0.2, 0.25) is 0 Å². The number of H-pyrrole nitrogens is 1. The number of carbonyl (C=O) groups excluding carboxylic acids is 1. The summed E-state index contributed by atoms with van der Waals surface area (Å²) in [5.41, 5.74) is 1.00. The Bertz CT molecular complexity index is 1510. The van der Waals surface area contributed by atoms with E-state index in [0.29, 0.717) is 37.8 Å². The number of benzene rings is 2.